The lowest BCUT2D eigenvalue weighted by Crippen LogP contribution is -2.52. The van der Waals surface area contributed by atoms with Gasteiger partial charge < -0.3 is 21.1 Å². The lowest BCUT2D eigenvalue weighted by Gasteiger charge is -2.43. The smallest absolute Gasteiger partial charge is 0.405 e. The molecule has 0 radical (unpaired) electrons. The minimum atomic E-state index is -0.768. The molecular weight excluding hydrogens is 346 g/mol. The minimum absolute atomic E-state index is 0.0807. The fraction of sp³-hybridized carbons (Fsp3) is 0.500. The molecule has 4 N–H and O–H groups in total. The van der Waals surface area contributed by atoms with Crippen LogP contribution < -0.4 is 16.4 Å². The topological polar surface area (TPSA) is 139 Å². The first-order chi connectivity index (χ1) is 12.6. The van der Waals surface area contributed by atoms with Crippen LogP contribution in [-0.2, 0) is 4.74 Å². The summed E-state index contributed by atoms with van der Waals surface area (Å²) in [4.78, 5) is 24.2. The van der Waals surface area contributed by atoms with Crippen molar-refractivity contribution in [2.45, 2.75) is 57.7 Å². The van der Waals surface area contributed by atoms with Crippen molar-refractivity contribution in [3.63, 3.8) is 0 Å². The van der Waals surface area contributed by atoms with E-state index in [2.05, 4.69) is 31.7 Å². The maximum Gasteiger partial charge on any atom is 0.405 e. The first kappa shape index (κ1) is 18.6. The molecule has 0 spiro atoms. The largest absolute Gasteiger partial charge is 0.443 e. The molecule has 1 saturated carbocycles. The van der Waals surface area contributed by atoms with Crippen LogP contribution in [-0.4, -0.2) is 38.2 Å². The quantitative estimate of drug-likeness (QED) is 0.747. The fourth-order valence-corrected chi connectivity index (χ4v) is 3.20. The molecule has 2 heterocycles. The SMILES string of the molecule is CC(C)(C)Nc1nc(C#N)cc2cnc(NC3CC(C)(OC(N)=O)C3)nc12. The summed E-state index contributed by atoms with van der Waals surface area (Å²) in [6.07, 6.45) is 2.14. The molecule has 142 valence electrons. The summed E-state index contributed by atoms with van der Waals surface area (Å²) in [6, 6.07) is 3.80. The number of anilines is 2. The highest BCUT2D eigenvalue weighted by Gasteiger charge is 2.43. The predicted molar refractivity (Wildman–Crippen MR) is 101 cm³/mol. The van der Waals surface area contributed by atoms with Gasteiger partial charge in [-0.25, -0.2) is 19.7 Å². The number of ether oxygens (including phenoxy) is 1. The number of amides is 1. The lowest BCUT2D eigenvalue weighted by molar-refractivity contribution is -0.0352. The van der Waals surface area contributed by atoms with E-state index < -0.39 is 11.7 Å². The standard InChI is InChI=1S/C18H23N7O2/c1-17(2,3)25-14-13-10(5-11(8-19)22-14)9-21-16(24-13)23-12-6-18(4,7-12)27-15(20)26/h5,9,12H,6-7H2,1-4H3,(H2,20,26)(H,22,25)(H,21,23,24). The number of primary amides is 1. The zero-order chi connectivity index (χ0) is 19.8. The number of rotatable bonds is 4. The number of hydrogen-bond acceptors (Lipinski definition) is 8. The van der Waals surface area contributed by atoms with Gasteiger partial charge in [0, 0.05) is 36.0 Å². The molecule has 1 fully saturated rings. The zero-order valence-electron chi connectivity index (χ0n) is 15.8. The summed E-state index contributed by atoms with van der Waals surface area (Å²) in [5, 5.41) is 16.5. The van der Waals surface area contributed by atoms with E-state index in [0.717, 1.165) is 5.39 Å². The molecule has 3 rings (SSSR count). The average molecular weight is 369 g/mol. The molecule has 1 aliphatic carbocycles. The number of fused-ring (bicyclic) bond motifs is 1. The molecule has 0 bridgehead atoms. The number of nitrogens with zero attached hydrogens (tertiary/aromatic N) is 4. The van der Waals surface area contributed by atoms with Gasteiger partial charge in [0.25, 0.3) is 0 Å². The van der Waals surface area contributed by atoms with Gasteiger partial charge in [0.1, 0.15) is 22.9 Å². The number of nitrogens with two attached hydrogens (primary N) is 1. The van der Waals surface area contributed by atoms with Crippen LogP contribution in [0.2, 0.25) is 0 Å². The number of hydrogen-bond donors (Lipinski definition) is 3. The number of aromatic nitrogens is 3. The van der Waals surface area contributed by atoms with Crippen molar-refractivity contribution in [3.8, 4) is 6.07 Å². The second-order valence-electron chi connectivity index (χ2n) is 8.09. The fourth-order valence-electron chi connectivity index (χ4n) is 3.20. The highest BCUT2D eigenvalue weighted by molar-refractivity contribution is 5.89. The van der Waals surface area contributed by atoms with Crippen LogP contribution >= 0.6 is 0 Å². The number of carbonyl (C=O) groups is 1. The van der Waals surface area contributed by atoms with E-state index in [1.807, 2.05) is 27.7 Å². The molecule has 9 nitrogen and oxygen atoms in total. The van der Waals surface area contributed by atoms with Crippen molar-refractivity contribution in [2.24, 2.45) is 5.73 Å². The number of carbonyl (C=O) groups excluding carboxylic acids is 1. The lowest BCUT2D eigenvalue weighted by atomic mass is 9.77. The number of nitriles is 1. The monoisotopic (exact) mass is 369 g/mol. The van der Waals surface area contributed by atoms with Crippen molar-refractivity contribution < 1.29 is 9.53 Å². The summed E-state index contributed by atoms with van der Waals surface area (Å²) in [6.45, 7) is 7.87. The Kier molecular flexibility index (Phi) is 4.51. The van der Waals surface area contributed by atoms with Crippen molar-refractivity contribution in [1.29, 1.82) is 5.26 Å². The van der Waals surface area contributed by atoms with E-state index in [9.17, 15) is 10.1 Å². The van der Waals surface area contributed by atoms with E-state index in [0.29, 0.717) is 35.8 Å². The Balaban J connectivity index is 1.83. The Labute approximate surface area is 157 Å². The Morgan fingerprint density at radius 2 is 2.11 bits per heavy atom. The van der Waals surface area contributed by atoms with Crippen molar-refractivity contribution >= 4 is 28.8 Å². The molecule has 0 aliphatic heterocycles. The van der Waals surface area contributed by atoms with E-state index in [-0.39, 0.29) is 11.6 Å². The molecule has 27 heavy (non-hydrogen) atoms. The molecule has 1 aliphatic rings. The van der Waals surface area contributed by atoms with Crippen molar-refractivity contribution in [3.05, 3.63) is 18.0 Å². The molecule has 0 saturated heterocycles. The summed E-state index contributed by atoms with van der Waals surface area (Å²) < 4.78 is 5.12. The van der Waals surface area contributed by atoms with Crippen LogP contribution in [0.4, 0.5) is 16.6 Å². The second kappa shape index (κ2) is 6.54. The van der Waals surface area contributed by atoms with Gasteiger partial charge in [-0.15, -0.1) is 0 Å². The van der Waals surface area contributed by atoms with Gasteiger partial charge >= 0.3 is 6.09 Å². The third kappa shape index (κ3) is 4.34. The Bertz CT molecular complexity index is 924. The Morgan fingerprint density at radius 3 is 2.70 bits per heavy atom. The van der Waals surface area contributed by atoms with E-state index in [4.69, 9.17) is 10.5 Å². The second-order valence-corrected chi connectivity index (χ2v) is 8.09. The normalized spacial score (nSPS) is 21.8. The van der Waals surface area contributed by atoms with E-state index >= 15 is 0 Å². The van der Waals surface area contributed by atoms with Crippen LogP contribution in [0.5, 0.6) is 0 Å². The molecule has 0 aromatic carbocycles. The highest BCUT2D eigenvalue weighted by Crippen LogP contribution is 2.37. The summed E-state index contributed by atoms with van der Waals surface area (Å²) in [5.74, 6) is 0.995. The first-order valence-corrected chi connectivity index (χ1v) is 8.68. The van der Waals surface area contributed by atoms with Crippen molar-refractivity contribution in [2.75, 3.05) is 10.6 Å². The third-order valence-electron chi connectivity index (χ3n) is 4.21. The van der Waals surface area contributed by atoms with Crippen LogP contribution in [0.1, 0.15) is 46.2 Å². The molecule has 0 atom stereocenters. The summed E-state index contributed by atoms with van der Waals surface area (Å²) in [7, 11) is 0. The number of nitrogens with one attached hydrogen (secondary N) is 2. The highest BCUT2D eigenvalue weighted by atomic mass is 16.6. The zero-order valence-corrected chi connectivity index (χ0v) is 15.8. The third-order valence-corrected chi connectivity index (χ3v) is 4.21. The summed E-state index contributed by atoms with van der Waals surface area (Å²) >= 11 is 0. The van der Waals surface area contributed by atoms with Gasteiger partial charge in [0.05, 0.1) is 0 Å². The van der Waals surface area contributed by atoms with Crippen LogP contribution in [0.15, 0.2) is 12.3 Å². The average Bonchev–Trinajstić information content (AvgIpc) is 2.51. The molecule has 2 aromatic rings. The van der Waals surface area contributed by atoms with E-state index in [1.54, 1.807) is 12.3 Å². The Hall–Kier alpha value is -3.15. The van der Waals surface area contributed by atoms with Gasteiger partial charge in [0.15, 0.2) is 5.82 Å². The van der Waals surface area contributed by atoms with Crippen LogP contribution in [0.25, 0.3) is 10.9 Å². The van der Waals surface area contributed by atoms with Crippen LogP contribution in [0.3, 0.4) is 0 Å². The predicted octanol–water partition coefficient (Wildman–Crippen LogP) is 2.54. The molecule has 2 aromatic heterocycles. The minimum Gasteiger partial charge on any atom is -0.443 e. The van der Waals surface area contributed by atoms with Gasteiger partial charge in [-0.05, 0) is 33.8 Å². The number of pyridine rings is 1. The Morgan fingerprint density at radius 1 is 1.41 bits per heavy atom. The first-order valence-electron chi connectivity index (χ1n) is 8.68. The maximum atomic E-state index is 10.9. The molecular formula is C18H23N7O2. The van der Waals surface area contributed by atoms with Gasteiger partial charge in [0.2, 0.25) is 5.95 Å². The summed E-state index contributed by atoms with van der Waals surface area (Å²) in [5.41, 5.74) is 5.24. The van der Waals surface area contributed by atoms with Crippen LogP contribution in [0, 0.1) is 11.3 Å². The molecule has 9 heteroatoms. The van der Waals surface area contributed by atoms with Gasteiger partial charge in [-0.2, -0.15) is 5.26 Å². The van der Waals surface area contributed by atoms with Gasteiger partial charge in [-0.3, -0.25) is 0 Å². The molecule has 1 amide bonds. The van der Waals surface area contributed by atoms with Crippen molar-refractivity contribution in [1.82, 2.24) is 15.0 Å². The molecule has 0 unspecified atom stereocenters. The maximum absolute atomic E-state index is 10.9. The van der Waals surface area contributed by atoms with Gasteiger partial charge in [-0.1, -0.05) is 0 Å². The van der Waals surface area contributed by atoms with E-state index in [1.165, 1.54) is 0 Å².